The lowest BCUT2D eigenvalue weighted by Gasteiger charge is -2.60. The standard InChI is InChI=1S/C9H14O/c10-7-1-2-9(7)6-5-8(9)3-4-8/h7,10H,1-6H2. The van der Waals surface area contributed by atoms with E-state index in [9.17, 15) is 5.11 Å². The maximum atomic E-state index is 9.59. The van der Waals surface area contributed by atoms with Gasteiger partial charge in [0.1, 0.15) is 0 Å². The van der Waals surface area contributed by atoms with Gasteiger partial charge in [-0.2, -0.15) is 0 Å². The van der Waals surface area contributed by atoms with Crippen molar-refractivity contribution in [2.24, 2.45) is 10.8 Å². The molecule has 2 atom stereocenters. The molecule has 1 heteroatoms. The van der Waals surface area contributed by atoms with E-state index in [1.165, 1.54) is 32.1 Å². The van der Waals surface area contributed by atoms with E-state index in [1.54, 1.807) is 0 Å². The molecule has 1 nitrogen and oxygen atoms in total. The Morgan fingerprint density at radius 3 is 1.80 bits per heavy atom. The van der Waals surface area contributed by atoms with Gasteiger partial charge in [0.2, 0.25) is 0 Å². The quantitative estimate of drug-likeness (QED) is 0.540. The van der Waals surface area contributed by atoms with E-state index < -0.39 is 0 Å². The third-order valence-electron chi connectivity index (χ3n) is 4.46. The molecule has 0 aromatic rings. The van der Waals surface area contributed by atoms with Crippen molar-refractivity contribution in [1.29, 1.82) is 0 Å². The molecule has 56 valence electrons. The normalized spacial score (nSPS) is 54.3. The summed E-state index contributed by atoms with van der Waals surface area (Å²) >= 11 is 0. The highest BCUT2D eigenvalue weighted by Crippen LogP contribution is 2.77. The number of rotatable bonds is 0. The van der Waals surface area contributed by atoms with E-state index in [0.29, 0.717) is 10.8 Å². The molecule has 0 amide bonds. The average molecular weight is 138 g/mol. The number of aliphatic hydroxyl groups excluding tert-OH is 1. The molecule has 3 fully saturated rings. The van der Waals surface area contributed by atoms with Gasteiger partial charge in [-0.15, -0.1) is 0 Å². The van der Waals surface area contributed by atoms with Gasteiger partial charge in [-0.25, -0.2) is 0 Å². The van der Waals surface area contributed by atoms with Crippen molar-refractivity contribution in [3.05, 3.63) is 0 Å². The van der Waals surface area contributed by atoms with Crippen LogP contribution < -0.4 is 0 Å². The second kappa shape index (κ2) is 1.29. The zero-order valence-corrected chi connectivity index (χ0v) is 6.27. The fourth-order valence-corrected chi connectivity index (χ4v) is 3.23. The minimum Gasteiger partial charge on any atom is -0.393 e. The average Bonchev–Trinajstić information content (AvgIpc) is 2.62. The van der Waals surface area contributed by atoms with Gasteiger partial charge in [-0.1, -0.05) is 0 Å². The van der Waals surface area contributed by atoms with Crippen LogP contribution in [-0.4, -0.2) is 11.2 Å². The Bertz CT molecular complexity index is 179. The van der Waals surface area contributed by atoms with Crippen LogP contribution in [0.15, 0.2) is 0 Å². The molecule has 0 aliphatic heterocycles. The van der Waals surface area contributed by atoms with E-state index in [2.05, 4.69) is 0 Å². The Kier molecular flexibility index (Phi) is 0.722. The molecule has 0 heterocycles. The fraction of sp³-hybridized carbons (Fsp3) is 1.00. The Labute approximate surface area is 61.4 Å². The zero-order chi connectivity index (χ0) is 6.82. The van der Waals surface area contributed by atoms with Crippen LogP contribution >= 0.6 is 0 Å². The SMILES string of the molecule is OC1CCC12CCC21CC1. The smallest absolute Gasteiger partial charge is 0.0602 e. The van der Waals surface area contributed by atoms with Gasteiger partial charge in [0.05, 0.1) is 6.10 Å². The summed E-state index contributed by atoms with van der Waals surface area (Å²) in [4.78, 5) is 0. The van der Waals surface area contributed by atoms with Crippen molar-refractivity contribution < 1.29 is 5.11 Å². The van der Waals surface area contributed by atoms with E-state index >= 15 is 0 Å². The van der Waals surface area contributed by atoms with Crippen LogP contribution in [0.5, 0.6) is 0 Å². The summed E-state index contributed by atoms with van der Waals surface area (Å²) in [7, 11) is 0. The molecule has 0 aromatic heterocycles. The number of fused-ring (bicyclic) bond motifs is 1. The van der Waals surface area contributed by atoms with Gasteiger partial charge >= 0.3 is 0 Å². The van der Waals surface area contributed by atoms with E-state index in [1.807, 2.05) is 0 Å². The summed E-state index contributed by atoms with van der Waals surface area (Å²) in [6.45, 7) is 0. The summed E-state index contributed by atoms with van der Waals surface area (Å²) in [5, 5.41) is 9.59. The van der Waals surface area contributed by atoms with Crippen molar-refractivity contribution in [3.63, 3.8) is 0 Å². The summed E-state index contributed by atoms with van der Waals surface area (Å²) in [5.41, 5.74) is 1.15. The van der Waals surface area contributed by atoms with Crippen molar-refractivity contribution in [1.82, 2.24) is 0 Å². The van der Waals surface area contributed by atoms with Crippen molar-refractivity contribution >= 4 is 0 Å². The van der Waals surface area contributed by atoms with Crippen LogP contribution in [0.3, 0.4) is 0 Å². The highest BCUT2D eigenvalue weighted by atomic mass is 16.3. The summed E-state index contributed by atoms with van der Waals surface area (Å²) in [5.74, 6) is 0. The molecule has 1 N–H and O–H groups in total. The van der Waals surface area contributed by atoms with Gasteiger partial charge in [-0.3, -0.25) is 0 Å². The van der Waals surface area contributed by atoms with E-state index in [0.717, 1.165) is 6.42 Å². The molecule has 0 aromatic carbocycles. The first-order valence-corrected chi connectivity index (χ1v) is 4.47. The van der Waals surface area contributed by atoms with E-state index in [-0.39, 0.29) is 6.10 Å². The third kappa shape index (κ3) is 0.355. The minimum absolute atomic E-state index is 0.0868. The highest BCUT2D eigenvalue weighted by Gasteiger charge is 2.70. The summed E-state index contributed by atoms with van der Waals surface area (Å²) in [6, 6.07) is 0. The largest absolute Gasteiger partial charge is 0.393 e. The summed E-state index contributed by atoms with van der Waals surface area (Å²) in [6.07, 6.45) is 8.09. The van der Waals surface area contributed by atoms with Crippen LogP contribution in [0, 0.1) is 10.8 Å². The van der Waals surface area contributed by atoms with Crippen LogP contribution in [-0.2, 0) is 0 Å². The number of hydrogen-bond acceptors (Lipinski definition) is 1. The maximum Gasteiger partial charge on any atom is 0.0602 e. The lowest BCUT2D eigenvalue weighted by Crippen LogP contribution is -2.57. The molecule has 0 radical (unpaired) electrons. The molecule has 3 rings (SSSR count). The molecule has 10 heavy (non-hydrogen) atoms. The molecule has 0 bridgehead atoms. The lowest BCUT2D eigenvalue weighted by molar-refractivity contribution is -0.175. The topological polar surface area (TPSA) is 20.2 Å². The molecular weight excluding hydrogens is 124 g/mol. The summed E-state index contributed by atoms with van der Waals surface area (Å²) < 4.78 is 0. The van der Waals surface area contributed by atoms with Gasteiger partial charge in [0.25, 0.3) is 0 Å². The van der Waals surface area contributed by atoms with Crippen LogP contribution in [0.1, 0.15) is 38.5 Å². The van der Waals surface area contributed by atoms with Gasteiger partial charge in [-0.05, 0) is 43.9 Å². The number of hydrogen-bond donors (Lipinski definition) is 1. The molecule has 3 saturated carbocycles. The number of aliphatic hydroxyl groups is 1. The first kappa shape index (κ1) is 5.59. The van der Waals surface area contributed by atoms with Crippen molar-refractivity contribution in [2.45, 2.75) is 44.6 Å². The lowest BCUT2D eigenvalue weighted by atomic mass is 9.46. The maximum absolute atomic E-state index is 9.59. The molecule has 2 unspecified atom stereocenters. The van der Waals surface area contributed by atoms with Crippen LogP contribution in [0.25, 0.3) is 0 Å². The second-order valence-corrected chi connectivity index (χ2v) is 4.49. The van der Waals surface area contributed by atoms with Crippen LogP contribution in [0.4, 0.5) is 0 Å². The highest BCUT2D eigenvalue weighted by molar-refractivity contribution is 5.20. The Morgan fingerprint density at radius 2 is 1.70 bits per heavy atom. The second-order valence-electron chi connectivity index (χ2n) is 4.49. The molecule has 3 aliphatic rings. The van der Waals surface area contributed by atoms with Gasteiger partial charge in [0.15, 0.2) is 0 Å². The first-order chi connectivity index (χ1) is 4.79. The first-order valence-electron chi connectivity index (χ1n) is 4.47. The minimum atomic E-state index is 0.0868. The molecule has 0 saturated heterocycles. The monoisotopic (exact) mass is 138 g/mol. The molecule has 2 spiro atoms. The predicted molar refractivity (Wildman–Crippen MR) is 38.6 cm³/mol. The van der Waals surface area contributed by atoms with E-state index in [4.69, 9.17) is 0 Å². The Morgan fingerprint density at radius 1 is 1.00 bits per heavy atom. The third-order valence-corrected chi connectivity index (χ3v) is 4.46. The van der Waals surface area contributed by atoms with Gasteiger partial charge in [0, 0.05) is 5.41 Å². The van der Waals surface area contributed by atoms with Crippen LogP contribution in [0.2, 0.25) is 0 Å². The Hall–Kier alpha value is -0.0400. The Balaban J connectivity index is 1.91. The van der Waals surface area contributed by atoms with Gasteiger partial charge < -0.3 is 5.11 Å². The molecule has 3 aliphatic carbocycles. The fourth-order valence-electron chi connectivity index (χ4n) is 3.23. The predicted octanol–water partition coefficient (Wildman–Crippen LogP) is 1.70. The zero-order valence-electron chi connectivity index (χ0n) is 6.27. The molecular formula is C9H14O. The van der Waals surface area contributed by atoms with Crippen molar-refractivity contribution in [2.75, 3.05) is 0 Å². The van der Waals surface area contributed by atoms with Crippen molar-refractivity contribution in [3.8, 4) is 0 Å².